The third-order valence-electron chi connectivity index (χ3n) is 3.22. The van der Waals surface area contributed by atoms with E-state index >= 15 is 0 Å². The second kappa shape index (κ2) is 6.43. The van der Waals surface area contributed by atoms with Crippen molar-refractivity contribution >= 4 is 22.6 Å². The predicted molar refractivity (Wildman–Crippen MR) is 81.2 cm³/mol. The maximum atomic E-state index is 11.1. The van der Waals surface area contributed by atoms with Crippen molar-refractivity contribution in [3.63, 3.8) is 0 Å². The van der Waals surface area contributed by atoms with Crippen molar-refractivity contribution in [2.24, 2.45) is 5.73 Å². The first-order chi connectivity index (χ1) is 9.74. The first-order valence-corrected chi connectivity index (χ1v) is 7.03. The van der Waals surface area contributed by atoms with E-state index in [-0.39, 0.29) is 5.76 Å². The van der Waals surface area contributed by atoms with Crippen molar-refractivity contribution in [3.8, 4) is 0 Å². The molecule has 2 heterocycles. The van der Waals surface area contributed by atoms with E-state index in [9.17, 15) is 4.79 Å². The second-order valence-electron chi connectivity index (χ2n) is 4.43. The summed E-state index contributed by atoms with van der Waals surface area (Å²) in [6, 6.07) is 7.64. The van der Waals surface area contributed by atoms with Crippen molar-refractivity contribution in [2.75, 3.05) is 31.1 Å². The van der Waals surface area contributed by atoms with Gasteiger partial charge in [-0.05, 0) is 24.3 Å². The Morgan fingerprint density at radius 1 is 1.25 bits per heavy atom. The highest BCUT2D eigenvalue weighted by molar-refractivity contribution is 5.95. The van der Waals surface area contributed by atoms with Gasteiger partial charge in [0.1, 0.15) is 5.58 Å². The molecular formula is C15H21N3O2. The van der Waals surface area contributed by atoms with E-state index in [4.69, 9.17) is 10.2 Å². The number of rotatable bonds is 2. The lowest BCUT2D eigenvalue weighted by Crippen LogP contribution is -2.43. The van der Waals surface area contributed by atoms with Crippen molar-refractivity contribution in [2.45, 2.75) is 13.8 Å². The van der Waals surface area contributed by atoms with Gasteiger partial charge in [-0.2, -0.15) is 0 Å². The number of nitrogens with one attached hydrogen (secondary N) is 1. The Morgan fingerprint density at radius 2 is 1.95 bits per heavy atom. The van der Waals surface area contributed by atoms with Crippen LogP contribution in [0.3, 0.4) is 0 Å². The van der Waals surface area contributed by atoms with E-state index < -0.39 is 5.91 Å². The molecule has 0 saturated carbocycles. The van der Waals surface area contributed by atoms with E-state index in [1.54, 1.807) is 6.07 Å². The van der Waals surface area contributed by atoms with Gasteiger partial charge in [0, 0.05) is 37.3 Å². The number of carbonyl (C=O) groups excluding carboxylic acids is 1. The van der Waals surface area contributed by atoms with Gasteiger partial charge in [-0.1, -0.05) is 13.8 Å². The zero-order valence-electron chi connectivity index (χ0n) is 12.0. The zero-order chi connectivity index (χ0) is 14.5. The molecule has 0 bridgehead atoms. The maximum Gasteiger partial charge on any atom is 0.284 e. The Bertz CT molecular complexity index is 586. The van der Waals surface area contributed by atoms with Crippen LogP contribution in [0.15, 0.2) is 28.7 Å². The molecule has 1 amide bonds. The molecule has 0 atom stereocenters. The van der Waals surface area contributed by atoms with Crippen LogP contribution in [-0.2, 0) is 0 Å². The van der Waals surface area contributed by atoms with E-state index in [1.807, 2.05) is 32.0 Å². The van der Waals surface area contributed by atoms with Crippen LogP contribution in [-0.4, -0.2) is 32.1 Å². The van der Waals surface area contributed by atoms with E-state index in [2.05, 4.69) is 10.2 Å². The molecule has 0 unspecified atom stereocenters. The van der Waals surface area contributed by atoms with Gasteiger partial charge in [-0.3, -0.25) is 4.79 Å². The Kier molecular flexibility index (Phi) is 4.63. The monoisotopic (exact) mass is 275 g/mol. The minimum atomic E-state index is -0.532. The average Bonchev–Trinajstić information content (AvgIpc) is 2.93. The third-order valence-corrected chi connectivity index (χ3v) is 3.22. The number of anilines is 1. The van der Waals surface area contributed by atoms with Crippen LogP contribution in [0.2, 0.25) is 0 Å². The third kappa shape index (κ3) is 2.93. The summed E-state index contributed by atoms with van der Waals surface area (Å²) in [4.78, 5) is 13.4. The number of amides is 1. The number of furan rings is 1. The summed E-state index contributed by atoms with van der Waals surface area (Å²) in [6.07, 6.45) is 0. The molecule has 1 aromatic heterocycles. The highest BCUT2D eigenvalue weighted by Gasteiger charge is 2.13. The van der Waals surface area contributed by atoms with E-state index in [1.165, 1.54) is 0 Å². The van der Waals surface area contributed by atoms with Crippen LogP contribution >= 0.6 is 0 Å². The van der Waals surface area contributed by atoms with Crippen molar-refractivity contribution in [1.82, 2.24) is 5.32 Å². The van der Waals surface area contributed by atoms with Gasteiger partial charge in [0.05, 0.1) is 0 Å². The summed E-state index contributed by atoms with van der Waals surface area (Å²) in [7, 11) is 0. The van der Waals surface area contributed by atoms with E-state index in [0.717, 1.165) is 37.3 Å². The molecule has 3 rings (SSSR count). The van der Waals surface area contributed by atoms with Gasteiger partial charge in [0.2, 0.25) is 0 Å². The van der Waals surface area contributed by atoms with Gasteiger partial charge in [0.15, 0.2) is 5.76 Å². The fourth-order valence-corrected chi connectivity index (χ4v) is 2.27. The van der Waals surface area contributed by atoms with Crippen LogP contribution in [0.5, 0.6) is 0 Å². The minimum Gasteiger partial charge on any atom is -0.451 e. The summed E-state index contributed by atoms with van der Waals surface area (Å²) in [5.41, 5.74) is 7.06. The smallest absolute Gasteiger partial charge is 0.284 e. The quantitative estimate of drug-likeness (QED) is 0.879. The molecular weight excluding hydrogens is 254 g/mol. The molecule has 3 N–H and O–H groups in total. The molecule has 1 saturated heterocycles. The number of hydrogen-bond donors (Lipinski definition) is 2. The largest absolute Gasteiger partial charge is 0.451 e. The molecule has 1 aromatic carbocycles. The normalized spacial score (nSPS) is 14.8. The number of piperazine rings is 1. The first-order valence-electron chi connectivity index (χ1n) is 7.03. The molecule has 0 radical (unpaired) electrons. The van der Waals surface area contributed by atoms with Gasteiger partial charge in [0.25, 0.3) is 5.91 Å². The SMILES string of the molecule is CC.NC(=O)c1cc2cc(N3CCNCC3)ccc2o1. The van der Waals surface area contributed by atoms with Crippen molar-refractivity contribution in [3.05, 3.63) is 30.0 Å². The van der Waals surface area contributed by atoms with Crippen LogP contribution in [0.4, 0.5) is 5.69 Å². The molecule has 0 spiro atoms. The molecule has 2 aromatic rings. The molecule has 0 aliphatic carbocycles. The lowest BCUT2D eigenvalue weighted by Gasteiger charge is -2.29. The van der Waals surface area contributed by atoms with Crippen molar-refractivity contribution < 1.29 is 9.21 Å². The van der Waals surface area contributed by atoms with Gasteiger partial charge >= 0.3 is 0 Å². The van der Waals surface area contributed by atoms with Crippen molar-refractivity contribution in [1.29, 1.82) is 0 Å². The number of benzene rings is 1. The zero-order valence-corrected chi connectivity index (χ0v) is 12.0. The fourth-order valence-electron chi connectivity index (χ4n) is 2.27. The van der Waals surface area contributed by atoms with Crippen LogP contribution < -0.4 is 16.0 Å². The standard InChI is InChI=1S/C13H15N3O2.C2H6/c14-13(17)12-8-9-7-10(1-2-11(9)18-12)16-5-3-15-4-6-16;1-2/h1-2,7-8,15H,3-6H2,(H2,14,17);1-2H3. The lowest BCUT2D eigenvalue weighted by molar-refractivity contribution is 0.0976. The summed E-state index contributed by atoms with van der Waals surface area (Å²) in [6.45, 7) is 7.98. The van der Waals surface area contributed by atoms with Gasteiger partial charge in [-0.25, -0.2) is 0 Å². The van der Waals surface area contributed by atoms with Gasteiger partial charge in [-0.15, -0.1) is 0 Å². The molecule has 108 valence electrons. The number of hydrogen-bond acceptors (Lipinski definition) is 4. The van der Waals surface area contributed by atoms with Crippen LogP contribution in [0.25, 0.3) is 11.0 Å². The lowest BCUT2D eigenvalue weighted by atomic mass is 10.2. The second-order valence-corrected chi connectivity index (χ2v) is 4.43. The Balaban J connectivity index is 0.000000704. The summed E-state index contributed by atoms with van der Waals surface area (Å²) in [5, 5.41) is 4.24. The Hall–Kier alpha value is -2.01. The predicted octanol–water partition coefficient (Wildman–Crippen LogP) is 1.97. The Morgan fingerprint density at radius 3 is 2.60 bits per heavy atom. The maximum absolute atomic E-state index is 11.1. The summed E-state index contributed by atoms with van der Waals surface area (Å²) < 4.78 is 5.37. The Labute approximate surface area is 118 Å². The minimum absolute atomic E-state index is 0.211. The van der Waals surface area contributed by atoms with E-state index in [0.29, 0.717) is 5.58 Å². The molecule has 20 heavy (non-hydrogen) atoms. The molecule has 5 heteroatoms. The highest BCUT2D eigenvalue weighted by Crippen LogP contribution is 2.25. The summed E-state index contributed by atoms with van der Waals surface area (Å²) >= 11 is 0. The van der Waals surface area contributed by atoms with Crippen LogP contribution in [0, 0.1) is 0 Å². The molecule has 1 fully saturated rings. The first kappa shape index (κ1) is 14.4. The highest BCUT2D eigenvalue weighted by atomic mass is 16.3. The molecule has 1 aliphatic heterocycles. The fraction of sp³-hybridized carbons (Fsp3) is 0.400. The number of carbonyl (C=O) groups is 1. The van der Waals surface area contributed by atoms with Gasteiger partial charge < -0.3 is 20.4 Å². The topological polar surface area (TPSA) is 71.5 Å². The number of nitrogens with two attached hydrogens (primary N) is 1. The summed E-state index contributed by atoms with van der Waals surface area (Å²) in [5.74, 6) is -0.322. The van der Waals surface area contributed by atoms with Crippen LogP contribution in [0.1, 0.15) is 24.4 Å². The number of fused-ring (bicyclic) bond motifs is 1. The average molecular weight is 275 g/mol. The number of nitrogens with zero attached hydrogens (tertiary/aromatic N) is 1. The number of primary amides is 1. The molecule has 5 nitrogen and oxygen atoms in total. The molecule has 1 aliphatic rings.